The van der Waals surface area contributed by atoms with Gasteiger partial charge in [0.05, 0.1) is 10.6 Å². The summed E-state index contributed by atoms with van der Waals surface area (Å²) in [5, 5.41) is 8.15. The lowest BCUT2D eigenvalue weighted by Crippen LogP contribution is -2.32. The lowest BCUT2D eigenvalue weighted by atomic mass is 10.0. The van der Waals surface area contributed by atoms with E-state index in [0.29, 0.717) is 16.3 Å². The minimum atomic E-state index is -0.187. The van der Waals surface area contributed by atoms with Crippen LogP contribution < -0.4 is 5.32 Å². The average molecular weight is 441 g/mol. The molecule has 156 valence electrons. The number of aromatic nitrogens is 2. The van der Waals surface area contributed by atoms with Gasteiger partial charge in [0.2, 0.25) is 0 Å². The Morgan fingerprint density at radius 1 is 1.17 bits per heavy atom. The summed E-state index contributed by atoms with van der Waals surface area (Å²) in [6, 6.07) is 13.5. The van der Waals surface area contributed by atoms with Gasteiger partial charge >= 0.3 is 0 Å². The monoisotopic (exact) mass is 440 g/mol. The number of amides is 1. The van der Waals surface area contributed by atoms with Crippen LogP contribution in [-0.4, -0.2) is 45.2 Å². The first-order chi connectivity index (χ1) is 14.5. The van der Waals surface area contributed by atoms with Gasteiger partial charge in [0, 0.05) is 55.6 Å². The fraction of sp³-hybridized carbons (Fsp3) is 0.304. The van der Waals surface area contributed by atoms with Crippen LogP contribution in [0, 0.1) is 6.92 Å². The molecule has 1 aliphatic heterocycles. The first-order valence-electron chi connectivity index (χ1n) is 10.0. The van der Waals surface area contributed by atoms with Crippen LogP contribution in [0.15, 0.2) is 48.7 Å². The molecule has 3 aromatic rings. The normalized spacial score (nSPS) is 14.6. The van der Waals surface area contributed by atoms with Gasteiger partial charge in [-0.1, -0.05) is 41.9 Å². The van der Waals surface area contributed by atoms with E-state index in [-0.39, 0.29) is 5.91 Å². The van der Waals surface area contributed by atoms with Gasteiger partial charge in [-0.05, 0) is 30.2 Å². The van der Waals surface area contributed by atoms with Crippen LogP contribution >= 0.6 is 23.4 Å². The quantitative estimate of drug-likeness (QED) is 0.616. The largest absolute Gasteiger partial charge is 0.322 e. The van der Waals surface area contributed by atoms with Gasteiger partial charge in [-0.2, -0.15) is 16.9 Å². The first-order valence-corrected chi connectivity index (χ1v) is 11.5. The van der Waals surface area contributed by atoms with E-state index in [9.17, 15) is 4.79 Å². The molecule has 1 amide bonds. The zero-order valence-electron chi connectivity index (χ0n) is 17.2. The Hall–Kier alpha value is -2.28. The van der Waals surface area contributed by atoms with E-state index in [1.165, 1.54) is 17.1 Å². The van der Waals surface area contributed by atoms with Crippen molar-refractivity contribution in [2.24, 2.45) is 7.05 Å². The molecule has 1 aliphatic rings. The second-order valence-electron chi connectivity index (χ2n) is 7.48. The van der Waals surface area contributed by atoms with Gasteiger partial charge < -0.3 is 5.32 Å². The van der Waals surface area contributed by atoms with Crippen LogP contribution in [0.4, 0.5) is 5.69 Å². The van der Waals surface area contributed by atoms with E-state index in [1.54, 1.807) is 24.0 Å². The smallest absolute Gasteiger partial charge is 0.259 e. The molecule has 1 N–H and O–H groups in total. The molecule has 0 bridgehead atoms. The topological polar surface area (TPSA) is 50.2 Å². The Labute approximate surface area is 186 Å². The molecule has 7 heteroatoms. The Morgan fingerprint density at radius 2 is 1.93 bits per heavy atom. The third-order valence-electron chi connectivity index (χ3n) is 5.39. The molecule has 5 nitrogen and oxygen atoms in total. The van der Waals surface area contributed by atoms with Crippen molar-refractivity contribution < 1.29 is 4.79 Å². The molecular formula is C23H25ClN4OS. The number of nitrogens with one attached hydrogen (secondary N) is 1. The van der Waals surface area contributed by atoms with Crippen molar-refractivity contribution in [3.05, 3.63) is 70.4 Å². The van der Waals surface area contributed by atoms with Crippen LogP contribution in [0.2, 0.25) is 5.02 Å². The van der Waals surface area contributed by atoms with Crippen molar-refractivity contribution in [1.82, 2.24) is 14.7 Å². The molecule has 0 unspecified atom stereocenters. The van der Waals surface area contributed by atoms with Gasteiger partial charge in [-0.25, -0.2) is 0 Å². The minimum absolute atomic E-state index is 0.187. The molecule has 0 aliphatic carbocycles. The number of carbonyl (C=O) groups is 1. The Balaban J connectivity index is 1.58. The SMILES string of the molecule is Cc1c(CN2CCSCC2)cccc1NC(=O)c1cn(C)nc1-c1ccccc1Cl. The van der Waals surface area contributed by atoms with Crippen LogP contribution in [-0.2, 0) is 13.6 Å². The fourth-order valence-corrected chi connectivity index (χ4v) is 4.89. The first kappa shape index (κ1) is 21.0. The number of hydrogen-bond acceptors (Lipinski definition) is 4. The summed E-state index contributed by atoms with van der Waals surface area (Å²) in [6.45, 7) is 5.20. The van der Waals surface area contributed by atoms with Crippen molar-refractivity contribution in [1.29, 1.82) is 0 Å². The Bertz CT molecular complexity index is 1060. The van der Waals surface area contributed by atoms with E-state index in [0.717, 1.165) is 36.4 Å². The predicted octanol–water partition coefficient (Wildman–Crippen LogP) is 4.85. The molecule has 2 heterocycles. The Kier molecular flexibility index (Phi) is 6.46. The molecule has 1 saturated heterocycles. The molecule has 0 saturated carbocycles. The van der Waals surface area contributed by atoms with E-state index in [4.69, 9.17) is 11.6 Å². The van der Waals surface area contributed by atoms with Crippen molar-refractivity contribution in [2.75, 3.05) is 29.9 Å². The highest BCUT2D eigenvalue weighted by atomic mass is 35.5. The third kappa shape index (κ3) is 4.56. The molecule has 1 fully saturated rings. The summed E-state index contributed by atoms with van der Waals surface area (Å²) in [6.07, 6.45) is 1.73. The summed E-state index contributed by atoms with van der Waals surface area (Å²) in [5.41, 5.74) is 5.02. The van der Waals surface area contributed by atoms with Crippen LogP contribution in [0.1, 0.15) is 21.5 Å². The number of nitrogens with zero attached hydrogens (tertiary/aromatic N) is 3. The van der Waals surface area contributed by atoms with Crippen molar-refractivity contribution in [2.45, 2.75) is 13.5 Å². The summed E-state index contributed by atoms with van der Waals surface area (Å²) in [4.78, 5) is 15.6. The lowest BCUT2D eigenvalue weighted by molar-refractivity contribution is 0.102. The maximum atomic E-state index is 13.2. The maximum Gasteiger partial charge on any atom is 0.259 e. The number of aryl methyl sites for hydroxylation is 1. The van der Waals surface area contributed by atoms with Crippen LogP contribution in [0.5, 0.6) is 0 Å². The highest BCUT2D eigenvalue weighted by Crippen LogP contribution is 2.30. The molecule has 4 rings (SSSR count). The second kappa shape index (κ2) is 9.25. The minimum Gasteiger partial charge on any atom is -0.322 e. The number of halogens is 1. The molecule has 0 radical (unpaired) electrons. The number of anilines is 1. The van der Waals surface area contributed by atoms with Crippen molar-refractivity contribution in [3.8, 4) is 11.3 Å². The van der Waals surface area contributed by atoms with E-state index in [1.807, 2.05) is 42.1 Å². The van der Waals surface area contributed by atoms with E-state index < -0.39 is 0 Å². The van der Waals surface area contributed by atoms with Crippen LogP contribution in [0.25, 0.3) is 11.3 Å². The molecule has 2 aromatic carbocycles. The number of benzene rings is 2. The molecule has 1 aromatic heterocycles. The van der Waals surface area contributed by atoms with E-state index >= 15 is 0 Å². The highest BCUT2D eigenvalue weighted by Gasteiger charge is 2.20. The zero-order valence-corrected chi connectivity index (χ0v) is 18.8. The molecule has 0 atom stereocenters. The summed E-state index contributed by atoms with van der Waals surface area (Å²) < 4.78 is 1.64. The molecule has 0 spiro atoms. The van der Waals surface area contributed by atoms with Gasteiger partial charge in [0.25, 0.3) is 5.91 Å². The number of carbonyl (C=O) groups excluding carboxylic acids is 1. The standard InChI is InChI=1S/C23H25ClN4OS/c1-16-17(14-28-10-12-30-13-11-28)6-5-9-21(16)25-23(29)19-15-27(2)26-22(19)18-7-3-4-8-20(18)24/h3-9,15H,10-14H2,1-2H3,(H,25,29). The summed E-state index contributed by atoms with van der Waals surface area (Å²) >= 11 is 8.37. The second-order valence-corrected chi connectivity index (χ2v) is 9.11. The highest BCUT2D eigenvalue weighted by molar-refractivity contribution is 7.99. The predicted molar refractivity (Wildman–Crippen MR) is 125 cm³/mol. The lowest BCUT2D eigenvalue weighted by Gasteiger charge is -2.27. The number of thioether (sulfide) groups is 1. The number of hydrogen-bond donors (Lipinski definition) is 1. The van der Waals surface area contributed by atoms with E-state index in [2.05, 4.69) is 28.3 Å². The fourth-order valence-electron chi connectivity index (χ4n) is 3.69. The summed E-state index contributed by atoms with van der Waals surface area (Å²) in [7, 11) is 1.81. The van der Waals surface area contributed by atoms with Gasteiger partial charge in [-0.3, -0.25) is 14.4 Å². The van der Waals surface area contributed by atoms with Gasteiger partial charge in [0.1, 0.15) is 5.69 Å². The average Bonchev–Trinajstić information content (AvgIpc) is 3.13. The maximum absolute atomic E-state index is 13.2. The van der Waals surface area contributed by atoms with Crippen molar-refractivity contribution >= 4 is 35.0 Å². The Morgan fingerprint density at radius 3 is 2.70 bits per heavy atom. The third-order valence-corrected chi connectivity index (χ3v) is 6.67. The van der Waals surface area contributed by atoms with Crippen LogP contribution in [0.3, 0.4) is 0 Å². The van der Waals surface area contributed by atoms with Crippen molar-refractivity contribution in [3.63, 3.8) is 0 Å². The zero-order chi connectivity index (χ0) is 21.1. The summed E-state index contributed by atoms with van der Waals surface area (Å²) in [5.74, 6) is 2.18. The number of rotatable bonds is 5. The van der Waals surface area contributed by atoms with Gasteiger partial charge in [0.15, 0.2) is 0 Å². The molecular weight excluding hydrogens is 416 g/mol. The van der Waals surface area contributed by atoms with Gasteiger partial charge in [-0.15, -0.1) is 0 Å². The molecule has 30 heavy (non-hydrogen) atoms.